The summed E-state index contributed by atoms with van der Waals surface area (Å²) in [6.07, 6.45) is 1.36. The molecule has 1 aromatic carbocycles. The second kappa shape index (κ2) is 4.76. The highest BCUT2D eigenvalue weighted by Crippen LogP contribution is 2.29. The molecule has 4 nitrogen and oxygen atoms in total. The molecule has 1 aromatic heterocycles. The van der Waals surface area contributed by atoms with Crippen molar-refractivity contribution in [2.24, 2.45) is 0 Å². The number of hydrogen-bond acceptors (Lipinski definition) is 5. The zero-order valence-corrected chi connectivity index (χ0v) is 12.4. The summed E-state index contributed by atoms with van der Waals surface area (Å²) >= 11 is 1.63. The molecule has 2 aromatic rings. The van der Waals surface area contributed by atoms with E-state index < -0.39 is 9.84 Å². The molecule has 0 atom stereocenters. The summed E-state index contributed by atoms with van der Waals surface area (Å²) < 4.78 is 24.0. The average Bonchev–Trinajstić information content (AvgIpc) is 2.76. The van der Waals surface area contributed by atoms with Crippen LogP contribution < -0.4 is 5.32 Å². The maximum absolute atomic E-state index is 11.4. The Kier molecular flexibility index (Phi) is 3.22. The number of anilines is 1. The fourth-order valence-corrected chi connectivity index (χ4v) is 4.87. The van der Waals surface area contributed by atoms with Gasteiger partial charge in [-0.1, -0.05) is 23.5 Å². The number of sulfone groups is 1. The molecule has 1 saturated heterocycles. The first kappa shape index (κ1) is 12.9. The Morgan fingerprint density at radius 1 is 1.32 bits per heavy atom. The summed E-state index contributed by atoms with van der Waals surface area (Å²) in [7, 11) is -2.80. The van der Waals surface area contributed by atoms with Crippen molar-refractivity contribution in [2.75, 3.05) is 16.8 Å². The van der Waals surface area contributed by atoms with Crippen molar-refractivity contribution < 1.29 is 8.42 Å². The average molecular weight is 296 g/mol. The van der Waals surface area contributed by atoms with Gasteiger partial charge in [0.1, 0.15) is 9.84 Å². The van der Waals surface area contributed by atoms with Crippen LogP contribution in [-0.2, 0) is 9.84 Å². The van der Waals surface area contributed by atoms with Gasteiger partial charge in [0.25, 0.3) is 0 Å². The summed E-state index contributed by atoms with van der Waals surface area (Å²) in [6, 6.07) is 6.38. The van der Waals surface area contributed by atoms with E-state index in [0.717, 1.165) is 10.6 Å². The van der Waals surface area contributed by atoms with Gasteiger partial charge in [-0.2, -0.15) is 0 Å². The van der Waals surface area contributed by atoms with Crippen LogP contribution in [0.4, 0.5) is 5.13 Å². The van der Waals surface area contributed by atoms with Crippen molar-refractivity contribution in [3.8, 4) is 0 Å². The van der Waals surface area contributed by atoms with E-state index >= 15 is 0 Å². The predicted octanol–water partition coefficient (Wildman–Crippen LogP) is 2.59. The number of thiazole rings is 1. The predicted molar refractivity (Wildman–Crippen MR) is 79.7 cm³/mol. The smallest absolute Gasteiger partial charge is 0.184 e. The molecule has 19 heavy (non-hydrogen) atoms. The standard InChI is InChI=1S/C13H16N2O2S2/c1-9-3-2-4-11-12(9)15-13(18-11)14-10-5-7-19(16,17)8-6-10/h2-4,10H,5-8H2,1H3,(H,14,15). The van der Waals surface area contributed by atoms with Crippen LogP contribution in [0.2, 0.25) is 0 Å². The fraction of sp³-hybridized carbons (Fsp3) is 0.462. The third kappa shape index (κ3) is 2.74. The molecule has 0 aliphatic carbocycles. The lowest BCUT2D eigenvalue weighted by Gasteiger charge is -2.22. The first-order valence-corrected chi connectivity index (χ1v) is 9.00. The Bertz CT molecular complexity index is 693. The minimum absolute atomic E-state index is 0.226. The molecule has 102 valence electrons. The minimum atomic E-state index is -2.80. The monoisotopic (exact) mass is 296 g/mol. The maximum Gasteiger partial charge on any atom is 0.184 e. The van der Waals surface area contributed by atoms with E-state index in [0.29, 0.717) is 12.8 Å². The number of para-hydroxylation sites is 1. The number of fused-ring (bicyclic) bond motifs is 1. The normalized spacial score (nSPS) is 19.6. The summed E-state index contributed by atoms with van der Waals surface area (Å²) in [5, 5.41) is 4.28. The van der Waals surface area contributed by atoms with Crippen molar-refractivity contribution in [1.82, 2.24) is 4.98 Å². The number of nitrogens with zero attached hydrogens (tertiary/aromatic N) is 1. The van der Waals surface area contributed by atoms with Gasteiger partial charge in [-0.05, 0) is 31.4 Å². The Hall–Kier alpha value is -1.14. The molecular formula is C13H16N2O2S2. The molecule has 3 rings (SSSR count). The summed E-state index contributed by atoms with van der Waals surface area (Å²) in [4.78, 5) is 4.60. The van der Waals surface area contributed by atoms with Gasteiger partial charge in [0.15, 0.2) is 5.13 Å². The van der Waals surface area contributed by atoms with Crippen LogP contribution in [-0.4, -0.2) is 30.9 Å². The van der Waals surface area contributed by atoms with Crippen LogP contribution in [0.15, 0.2) is 18.2 Å². The number of benzene rings is 1. The molecule has 0 saturated carbocycles. The van der Waals surface area contributed by atoms with E-state index in [2.05, 4.69) is 29.4 Å². The lowest BCUT2D eigenvalue weighted by Crippen LogP contribution is -2.32. The van der Waals surface area contributed by atoms with E-state index in [-0.39, 0.29) is 17.5 Å². The second-order valence-corrected chi connectivity index (χ2v) is 8.35. The van der Waals surface area contributed by atoms with Crippen LogP contribution in [0.3, 0.4) is 0 Å². The van der Waals surface area contributed by atoms with E-state index in [1.807, 2.05) is 6.07 Å². The van der Waals surface area contributed by atoms with Crippen LogP contribution >= 0.6 is 11.3 Å². The minimum Gasteiger partial charge on any atom is -0.359 e. The zero-order chi connectivity index (χ0) is 13.5. The molecule has 2 heterocycles. The van der Waals surface area contributed by atoms with Crippen LogP contribution in [0.25, 0.3) is 10.2 Å². The number of hydrogen-bond donors (Lipinski definition) is 1. The third-order valence-corrected chi connectivity index (χ3v) is 6.17. The van der Waals surface area contributed by atoms with Crippen molar-refractivity contribution >= 4 is 36.5 Å². The summed E-state index contributed by atoms with van der Waals surface area (Å²) in [5.74, 6) is 0.573. The molecule has 0 radical (unpaired) electrons. The van der Waals surface area contributed by atoms with Crippen LogP contribution in [0.1, 0.15) is 18.4 Å². The number of nitrogens with one attached hydrogen (secondary N) is 1. The van der Waals surface area contributed by atoms with E-state index in [9.17, 15) is 8.42 Å². The van der Waals surface area contributed by atoms with Crippen molar-refractivity contribution in [3.63, 3.8) is 0 Å². The van der Waals surface area contributed by atoms with Gasteiger partial charge in [-0.3, -0.25) is 0 Å². The number of aromatic nitrogens is 1. The largest absolute Gasteiger partial charge is 0.359 e. The second-order valence-electron chi connectivity index (χ2n) is 5.01. The quantitative estimate of drug-likeness (QED) is 0.925. The Labute approximate surface area is 116 Å². The van der Waals surface area contributed by atoms with Gasteiger partial charge >= 0.3 is 0 Å². The molecule has 0 bridgehead atoms. The van der Waals surface area contributed by atoms with E-state index in [4.69, 9.17) is 0 Å². The first-order valence-electron chi connectivity index (χ1n) is 6.37. The fourth-order valence-electron chi connectivity index (χ4n) is 2.36. The van der Waals surface area contributed by atoms with Crippen molar-refractivity contribution in [2.45, 2.75) is 25.8 Å². The van der Waals surface area contributed by atoms with Gasteiger partial charge in [-0.25, -0.2) is 13.4 Å². The molecule has 1 aliphatic rings. The lowest BCUT2D eigenvalue weighted by molar-refractivity contribution is 0.559. The Morgan fingerprint density at radius 3 is 2.74 bits per heavy atom. The highest BCUT2D eigenvalue weighted by Gasteiger charge is 2.24. The van der Waals surface area contributed by atoms with Crippen LogP contribution in [0, 0.1) is 6.92 Å². The highest BCUT2D eigenvalue weighted by atomic mass is 32.2. The summed E-state index contributed by atoms with van der Waals surface area (Å²) in [5.41, 5.74) is 2.21. The maximum atomic E-state index is 11.4. The lowest BCUT2D eigenvalue weighted by atomic mass is 10.2. The third-order valence-electron chi connectivity index (χ3n) is 3.50. The van der Waals surface area contributed by atoms with Crippen molar-refractivity contribution in [3.05, 3.63) is 23.8 Å². The van der Waals surface area contributed by atoms with Crippen LogP contribution in [0.5, 0.6) is 0 Å². The topological polar surface area (TPSA) is 59.1 Å². The molecular weight excluding hydrogens is 280 g/mol. The highest BCUT2D eigenvalue weighted by molar-refractivity contribution is 7.91. The summed E-state index contributed by atoms with van der Waals surface area (Å²) in [6.45, 7) is 2.05. The molecule has 1 aliphatic heterocycles. The number of rotatable bonds is 2. The first-order chi connectivity index (χ1) is 9.03. The van der Waals surface area contributed by atoms with Gasteiger partial charge in [0.2, 0.25) is 0 Å². The number of aryl methyl sites for hydroxylation is 1. The molecule has 0 spiro atoms. The van der Waals surface area contributed by atoms with Gasteiger partial charge in [-0.15, -0.1) is 0 Å². The molecule has 6 heteroatoms. The molecule has 0 unspecified atom stereocenters. The molecule has 0 amide bonds. The Balaban J connectivity index is 1.77. The molecule has 1 N–H and O–H groups in total. The SMILES string of the molecule is Cc1cccc2sc(NC3CCS(=O)(=O)CC3)nc12. The van der Waals surface area contributed by atoms with E-state index in [1.165, 1.54) is 10.3 Å². The van der Waals surface area contributed by atoms with E-state index in [1.54, 1.807) is 11.3 Å². The van der Waals surface area contributed by atoms with Crippen molar-refractivity contribution in [1.29, 1.82) is 0 Å². The Morgan fingerprint density at radius 2 is 2.05 bits per heavy atom. The van der Waals surface area contributed by atoms with Gasteiger partial charge in [0, 0.05) is 6.04 Å². The zero-order valence-electron chi connectivity index (χ0n) is 10.7. The van der Waals surface area contributed by atoms with Gasteiger partial charge < -0.3 is 5.32 Å². The molecule has 1 fully saturated rings. The van der Waals surface area contributed by atoms with Gasteiger partial charge in [0.05, 0.1) is 21.7 Å².